The number of carbonyl (C=O) groups excluding carboxylic acids is 1. The molecule has 1 unspecified atom stereocenters. The third-order valence-corrected chi connectivity index (χ3v) is 4.78. The number of benzene rings is 1. The molecule has 1 aliphatic heterocycles. The van der Waals surface area contributed by atoms with E-state index < -0.39 is 20.9 Å². The van der Waals surface area contributed by atoms with Crippen LogP contribution in [0.4, 0.5) is 5.69 Å². The van der Waals surface area contributed by atoms with Gasteiger partial charge < -0.3 is 5.32 Å². The Hall–Kier alpha value is -2.00. The molecule has 8 nitrogen and oxygen atoms in total. The standard InChI is InChI=1S/C13H17N3O5S/c1-22(20,21)15-7-3-5-11(9-15)14-13(17)10-4-2-6-12(8-10)16(18)19/h2,4,6,8,11H,3,5,7,9H2,1H3,(H,14,17). The molecule has 1 saturated heterocycles. The van der Waals surface area contributed by atoms with Crippen LogP contribution in [-0.2, 0) is 10.0 Å². The van der Waals surface area contributed by atoms with Crippen molar-refractivity contribution in [3.05, 3.63) is 39.9 Å². The molecular formula is C13H17N3O5S. The van der Waals surface area contributed by atoms with E-state index in [2.05, 4.69) is 5.32 Å². The van der Waals surface area contributed by atoms with Crippen LogP contribution in [0.25, 0.3) is 0 Å². The van der Waals surface area contributed by atoms with E-state index in [0.29, 0.717) is 19.4 Å². The van der Waals surface area contributed by atoms with Crippen LogP contribution in [0.15, 0.2) is 24.3 Å². The first-order valence-corrected chi connectivity index (χ1v) is 8.62. The lowest BCUT2D eigenvalue weighted by Gasteiger charge is -2.31. The van der Waals surface area contributed by atoms with Crippen LogP contribution < -0.4 is 5.32 Å². The minimum atomic E-state index is -3.28. The van der Waals surface area contributed by atoms with Crippen molar-refractivity contribution in [3.8, 4) is 0 Å². The number of nitrogens with zero attached hydrogens (tertiary/aromatic N) is 2. The number of hydrogen-bond donors (Lipinski definition) is 1. The molecule has 0 aromatic heterocycles. The summed E-state index contributed by atoms with van der Waals surface area (Å²) in [5.74, 6) is -0.441. The van der Waals surface area contributed by atoms with E-state index in [0.717, 1.165) is 6.26 Å². The van der Waals surface area contributed by atoms with Gasteiger partial charge in [0, 0.05) is 36.8 Å². The van der Waals surface area contributed by atoms with Crippen LogP contribution >= 0.6 is 0 Å². The third-order valence-electron chi connectivity index (χ3n) is 3.51. The second kappa shape index (κ2) is 6.41. The van der Waals surface area contributed by atoms with Gasteiger partial charge in [0.1, 0.15) is 0 Å². The van der Waals surface area contributed by atoms with Crippen molar-refractivity contribution in [2.75, 3.05) is 19.3 Å². The highest BCUT2D eigenvalue weighted by Gasteiger charge is 2.27. The van der Waals surface area contributed by atoms with Crippen LogP contribution in [0.5, 0.6) is 0 Å². The summed E-state index contributed by atoms with van der Waals surface area (Å²) < 4.78 is 24.4. The summed E-state index contributed by atoms with van der Waals surface area (Å²) in [6, 6.07) is 5.14. The number of non-ortho nitro benzene ring substituents is 1. The van der Waals surface area contributed by atoms with E-state index in [1.807, 2.05) is 0 Å². The average Bonchev–Trinajstić information content (AvgIpc) is 2.46. The number of sulfonamides is 1. The van der Waals surface area contributed by atoms with Crippen molar-refractivity contribution in [1.29, 1.82) is 0 Å². The first-order valence-electron chi connectivity index (χ1n) is 6.78. The highest BCUT2D eigenvalue weighted by molar-refractivity contribution is 7.88. The Labute approximate surface area is 128 Å². The van der Waals surface area contributed by atoms with E-state index in [-0.39, 0.29) is 23.8 Å². The van der Waals surface area contributed by atoms with Gasteiger partial charge in [0.15, 0.2) is 0 Å². The van der Waals surface area contributed by atoms with Crippen LogP contribution in [0.2, 0.25) is 0 Å². The van der Waals surface area contributed by atoms with Crippen LogP contribution in [0.3, 0.4) is 0 Å². The summed E-state index contributed by atoms with van der Waals surface area (Å²) in [6.07, 6.45) is 2.47. The van der Waals surface area contributed by atoms with Crippen molar-refractivity contribution in [1.82, 2.24) is 9.62 Å². The zero-order valence-electron chi connectivity index (χ0n) is 12.1. The van der Waals surface area contributed by atoms with Crippen molar-refractivity contribution < 1.29 is 18.1 Å². The van der Waals surface area contributed by atoms with Crippen LogP contribution in [0, 0.1) is 10.1 Å². The molecule has 0 spiro atoms. The number of rotatable bonds is 4. The average molecular weight is 327 g/mol. The summed E-state index contributed by atoms with van der Waals surface area (Å²) in [7, 11) is -3.28. The largest absolute Gasteiger partial charge is 0.348 e. The number of hydrogen-bond acceptors (Lipinski definition) is 5. The van der Waals surface area contributed by atoms with Gasteiger partial charge in [-0.2, -0.15) is 0 Å². The molecule has 1 fully saturated rings. The van der Waals surface area contributed by atoms with Gasteiger partial charge in [-0.05, 0) is 18.9 Å². The van der Waals surface area contributed by atoms with Gasteiger partial charge in [-0.15, -0.1) is 0 Å². The molecule has 0 radical (unpaired) electrons. The van der Waals surface area contributed by atoms with Crippen molar-refractivity contribution in [2.24, 2.45) is 0 Å². The molecular weight excluding hydrogens is 310 g/mol. The predicted molar refractivity (Wildman–Crippen MR) is 80.0 cm³/mol. The molecule has 120 valence electrons. The Bertz CT molecular complexity index is 689. The van der Waals surface area contributed by atoms with E-state index in [9.17, 15) is 23.3 Å². The lowest BCUT2D eigenvalue weighted by Crippen LogP contribution is -2.49. The van der Waals surface area contributed by atoms with Gasteiger partial charge in [0.25, 0.3) is 11.6 Å². The fourth-order valence-electron chi connectivity index (χ4n) is 2.39. The Morgan fingerprint density at radius 3 is 2.82 bits per heavy atom. The van der Waals surface area contributed by atoms with E-state index in [4.69, 9.17) is 0 Å². The maximum absolute atomic E-state index is 12.1. The number of piperidine rings is 1. The molecule has 1 atom stereocenters. The number of carbonyl (C=O) groups is 1. The number of amides is 1. The molecule has 1 aromatic rings. The molecule has 2 rings (SSSR count). The first-order chi connectivity index (χ1) is 10.3. The van der Waals surface area contributed by atoms with Crippen LogP contribution in [0.1, 0.15) is 23.2 Å². The number of nitro benzene ring substituents is 1. The Balaban J connectivity index is 2.05. The molecule has 0 saturated carbocycles. The summed E-state index contributed by atoms with van der Waals surface area (Å²) >= 11 is 0. The number of nitro groups is 1. The lowest BCUT2D eigenvalue weighted by atomic mass is 10.1. The Morgan fingerprint density at radius 1 is 1.45 bits per heavy atom. The quantitative estimate of drug-likeness (QED) is 0.648. The fourth-order valence-corrected chi connectivity index (χ4v) is 3.30. The third kappa shape index (κ3) is 4.01. The fraction of sp³-hybridized carbons (Fsp3) is 0.462. The molecule has 0 bridgehead atoms. The minimum absolute atomic E-state index is 0.158. The maximum Gasteiger partial charge on any atom is 0.270 e. The predicted octanol–water partition coefficient (Wildman–Crippen LogP) is 0.749. The normalized spacial score (nSPS) is 19.6. The lowest BCUT2D eigenvalue weighted by molar-refractivity contribution is -0.384. The second-order valence-electron chi connectivity index (χ2n) is 5.24. The molecule has 1 amide bonds. The summed E-state index contributed by atoms with van der Waals surface area (Å²) in [6.45, 7) is 0.668. The topological polar surface area (TPSA) is 110 Å². The zero-order valence-corrected chi connectivity index (χ0v) is 12.9. The SMILES string of the molecule is CS(=O)(=O)N1CCCC(NC(=O)c2cccc([N+](=O)[O-])c2)C1. The van der Waals surface area contributed by atoms with Crippen molar-refractivity contribution >= 4 is 21.6 Å². The van der Waals surface area contributed by atoms with Gasteiger partial charge in [-0.3, -0.25) is 14.9 Å². The second-order valence-corrected chi connectivity index (χ2v) is 7.22. The number of nitrogens with one attached hydrogen (secondary N) is 1. The minimum Gasteiger partial charge on any atom is -0.348 e. The van der Waals surface area contributed by atoms with Gasteiger partial charge in [-0.1, -0.05) is 6.07 Å². The molecule has 0 aliphatic carbocycles. The molecule has 1 N–H and O–H groups in total. The van der Waals surface area contributed by atoms with E-state index in [1.165, 1.54) is 28.6 Å². The Kier molecular flexibility index (Phi) is 4.77. The zero-order chi connectivity index (χ0) is 16.3. The molecule has 1 aliphatic rings. The molecule has 9 heteroatoms. The smallest absolute Gasteiger partial charge is 0.270 e. The van der Waals surface area contributed by atoms with Crippen molar-refractivity contribution in [2.45, 2.75) is 18.9 Å². The summed E-state index contributed by atoms with van der Waals surface area (Å²) in [4.78, 5) is 22.3. The highest BCUT2D eigenvalue weighted by atomic mass is 32.2. The van der Waals surface area contributed by atoms with Gasteiger partial charge in [0.05, 0.1) is 11.2 Å². The van der Waals surface area contributed by atoms with Gasteiger partial charge in [0.2, 0.25) is 10.0 Å². The Morgan fingerprint density at radius 2 is 2.18 bits per heavy atom. The highest BCUT2D eigenvalue weighted by Crippen LogP contribution is 2.16. The van der Waals surface area contributed by atoms with E-state index >= 15 is 0 Å². The molecule has 1 heterocycles. The molecule has 1 aromatic carbocycles. The molecule has 22 heavy (non-hydrogen) atoms. The maximum atomic E-state index is 12.1. The summed E-state index contributed by atoms with van der Waals surface area (Å²) in [5.41, 5.74) is 0.0275. The van der Waals surface area contributed by atoms with Crippen molar-refractivity contribution in [3.63, 3.8) is 0 Å². The monoisotopic (exact) mass is 327 g/mol. The first kappa shape index (κ1) is 16.4. The van der Waals surface area contributed by atoms with Gasteiger partial charge >= 0.3 is 0 Å². The van der Waals surface area contributed by atoms with E-state index in [1.54, 1.807) is 0 Å². The summed E-state index contributed by atoms with van der Waals surface area (Å²) in [5, 5.41) is 13.5. The van der Waals surface area contributed by atoms with Gasteiger partial charge in [-0.25, -0.2) is 12.7 Å². The van der Waals surface area contributed by atoms with Crippen LogP contribution in [-0.4, -0.2) is 48.9 Å².